The summed E-state index contributed by atoms with van der Waals surface area (Å²) in [6.07, 6.45) is -3.68. The van der Waals surface area contributed by atoms with E-state index in [9.17, 15) is 21.6 Å². The Hall–Kier alpha value is -2.88. The fourth-order valence-corrected chi connectivity index (χ4v) is 2.90. The van der Waals surface area contributed by atoms with Gasteiger partial charge in [0.15, 0.2) is 15.7 Å². The molecule has 1 heterocycles. The van der Waals surface area contributed by atoms with Gasteiger partial charge in [0.1, 0.15) is 0 Å². The summed E-state index contributed by atoms with van der Waals surface area (Å²) in [5, 5.41) is 3.55. The van der Waals surface area contributed by atoms with E-state index in [1.165, 1.54) is 48.5 Å². The highest BCUT2D eigenvalue weighted by Crippen LogP contribution is 2.30. The second kappa shape index (κ2) is 6.13. The molecule has 0 unspecified atom stereocenters. The smallest absolute Gasteiger partial charge is 0.399 e. The first kappa shape index (κ1) is 17.9. The van der Waals surface area contributed by atoms with Crippen molar-refractivity contribution in [2.45, 2.75) is 11.1 Å². The van der Waals surface area contributed by atoms with Crippen molar-refractivity contribution in [1.29, 1.82) is 0 Å². The zero-order chi connectivity index (χ0) is 19.1. The molecule has 0 radical (unpaired) electrons. The third-order valence-corrected chi connectivity index (χ3v) is 4.67. The van der Waals surface area contributed by atoms with Crippen molar-refractivity contribution in [3.63, 3.8) is 0 Å². The first-order valence-electron chi connectivity index (χ1n) is 7.26. The Morgan fingerprint density at radius 3 is 2.08 bits per heavy atom. The summed E-state index contributed by atoms with van der Waals surface area (Å²) < 4.78 is 63.3. The number of aromatic nitrogens is 3. The summed E-state index contributed by atoms with van der Waals surface area (Å²) >= 11 is 0. The number of nitrogens with two attached hydrogens (primary N) is 1. The molecular formula is C16H13F3N4O2S. The molecule has 0 bridgehead atoms. The number of sulfone groups is 1. The molecule has 3 rings (SSSR count). The molecule has 0 spiro atoms. The molecule has 0 aliphatic carbocycles. The Kier molecular flexibility index (Phi) is 4.23. The van der Waals surface area contributed by atoms with Crippen molar-refractivity contribution in [3.8, 4) is 17.1 Å². The quantitative estimate of drug-likeness (QED) is 0.704. The Bertz CT molecular complexity index is 1040. The molecular weight excluding hydrogens is 369 g/mol. The molecule has 0 atom stereocenters. The van der Waals surface area contributed by atoms with Crippen LogP contribution >= 0.6 is 0 Å². The molecule has 0 aliphatic rings. The van der Waals surface area contributed by atoms with Gasteiger partial charge in [0, 0.05) is 17.5 Å². The van der Waals surface area contributed by atoms with Crippen LogP contribution in [0.15, 0.2) is 53.4 Å². The SMILES string of the molecule is CS(=O)(=O)c1ccc(-c2nc(C(F)(F)F)nn2-c2ccc(N)cc2)cc1. The van der Waals surface area contributed by atoms with Crippen molar-refractivity contribution < 1.29 is 21.6 Å². The molecule has 2 N–H and O–H groups in total. The molecule has 10 heteroatoms. The maximum absolute atomic E-state index is 13.1. The van der Waals surface area contributed by atoms with E-state index < -0.39 is 21.8 Å². The van der Waals surface area contributed by atoms with E-state index in [-0.39, 0.29) is 16.3 Å². The number of benzene rings is 2. The maximum atomic E-state index is 13.1. The molecule has 0 fully saturated rings. The topological polar surface area (TPSA) is 90.9 Å². The molecule has 2 aromatic carbocycles. The Balaban J connectivity index is 2.16. The van der Waals surface area contributed by atoms with Gasteiger partial charge in [-0.25, -0.2) is 18.1 Å². The van der Waals surface area contributed by atoms with Crippen molar-refractivity contribution in [2.75, 3.05) is 12.0 Å². The number of nitrogen functional groups attached to an aromatic ring is 1. The molecule has 3 aromatic rings. The average Bonchev–Trinajstić information content (AvgIpc) is 3.00. The number of rotatable bonds is 3. The highest BCUT2D eigenvalue weighted by molar-refractivity contribution is 7.90. The van der Waals surface area contributed by atoms with Crippen LogP contribution in [0.2, 0.25) is 0 Å². The van der Waals surface area contributed by atoms with Gasteiger partial charge < -0.3 is 5.73 Å². The fourth-order valence-electron chi connectivity index (χ4n) is 2.27. The van der Waals surface area contributed by atoms with Crippen LogP contribution in [-0.4, -0.2) is 29.4 Å². The summed E-state index contributed by atoms with van der Waals surface area (Å²) in [6, 6.07) is 11.5. The lowest BCUT2D eigenvalue weighted by Crippen LogP contribution is -2.08. The highest BCUT2D eigenvalue weighted by Gasteiger charge is 2.37. The van der Waals surface area contributed by atoms with Crippen LogP contribution in [0.25, 0.3) is 17.1 Å². The van der Waals surface area contributed by atoms with Crippen LogP contribution < -0.4 is 5.73 Å². The molecule has 136 valence electrons. The summed E-state index contributed by atoms with van der Waals surface area (Å²) in [6.45, 7) is 0. The zero-order valence-corrected chi connectivity index (χ0v) is 14.2. The molecule has 0 saturated heterocycles. The lowest BCUT2D eigenvalue weighted by atomic mass is 10.2. The van der Waals surface area contributed by atoms with Gasteiger partial charge in [0.25, 0.3) is 5.82 Å². The minimum absolute atomic E-state index is 0.0517. The van der Waals surface area contributed by atoms with Gasteiger partial charge in [-0.1, -0.05) is 0 Å². The van der Waals surface area contributed by atoms with Crippen molar-refractivity contribution in [2.24, 2.45) is 0 Å². The minimum Gasteiger partial charge on any atom is -0.399 e. The van der Waals surface area contributed by atoms with Crippen molar-refractivity contribution in [1.82, 2.24) is 14.8 Å². The number of nitrogens with zero attached hydrogens (tertiary/aromatic N) is 3. The number of anilines is 1. The first-order valence-corrected chi connectivity index (χ1v) is 9.15. The fraction of sp³-hybridized carbons (Fsp3) is 0.125. The third kappa shape index (κ3) is 3.54. The van der Waals surface area contributed by atoms with Crippen molar-refractivity contribution in [3.05, 3.63) is 54.4 Å². The van der Waals surface area contributed by atoms with Crippen LogP contribution in [-0.2, 0) is 16.0 Å². The highest BCUT2D eigenvalue weighted by atomic mass is 32.2. The van der Waals surface area contributed by atoms with E-state index in [2.05, 4.69) is 10.1 Å². The standard InChI is InChI=1S/C16H13F3N4O2S/c1-26(24,25)13-8-2-10(3-9-13)14-21-15(16(17,18)19)22-23(14)12-6-4-11(20)5-7-12/h2-9H,20H2,1H3. The molecule has 26 heavy (non-hydrogen) atoms. The zero-order valence-electron chi connectivity index (χ0n) is 13.4. The molecule has 0 amide bonds. The number of hydrogen-bond acceptors (Lipinski definition) is 5. The van der Waals surface area contributed by atoms with Gasteiger partial charge in [-0.05, 0) is 48.5 Å². The lowest BCUT2D eigenvalue weighted by molar-refractivity contribution is -0.144. The normalized spacial score (nSPS) is 12.3. The van der Waals surface area contributed by atoms with Crippen LogP contribution in [0.5, 0.6) is 0 Å². The van der Waals surface area contributed by atoms with E-state index in [1.807, 2.05) is 0 Å². The van der Waals surface area contributed by atoms with E-state index in [4.69, 9.17) is 5.73 Å². The predicted molar refractivity (Wildman–Crippen MR) is 89.3 cm³/mol. The van der Waals surface area contributed by atoms with Gasteiger partial charge in [-0.15, -0.1) is 5.10 Å². The van der Waals surface area contributed by atoms with Gasteiger partial charge in [-0.3, -0.25) is 0 Å². The number of alkyl halides is 3. The summed E-state index contributed by atoms with van der Waals surface area (Å²) in [7, 11) is -3.42. The Morgan fingerprint density at radius 1 is 1.00 bits per heavy atom. The van der Waals surface area contributed by atoms with Crippen LogP contribution in [0, 0.1) is 0 Å². The van der Waals surface area contributed by atoms with E-state index in [0.29, 0.717) is 11.4 Å². The molecule has 6 nitrogen and oxygen atoms in total. The molecule has 1 aromatic heterocycles. The number of hydrogen-bond donors (Lipinski definition) is 1. The summed E-state index contributed by atoms with van der Waals surface area (Å²) in [5.74, 6) is -1.36. The first-order chi connectivity index (χ1) is 12.1. The minimum atomic E-state index is -4.72. The van der Waals surface area contributed by atoms with Crippen LogP contribution in [0.3, 0.4) is 0 Å². The van der Waals surface area contributed by atoms with Crippen LogP contribution in [0.4, 0.5) is 18.9 Å². The third-order valence-electron chi connectivity index (χ3n) is 3.54. The second-order valence-corrected chi connectivity index (χ2v) is 7.57. The van der Waals surface area contributed by atoms with Crippen LogP contribution in [0.1, 0.15) is 5.82 Å². The maximum Gasteiger partial charge on any atom is 0.453 e. The van der Waals surface area contributed by atoms with Gasteiger partial charge >= 0.3 is 6.18 Å². The van der Waals surface area contributed by atoms with E-state index >= 15 is 0 Å². The summed E-state index contributed by atoms with van der Waals surface area (Å²) in [4.78, 5) is 3.64. The largest absolute Gasteiger partial charge is 0.453 e. The summed E-state index contributed by atoms with van der Waals surface area (Å²) in [5.41, 5.74) is 6.68. The van der Waals surface area contributed by atoms with Gasteiger partial charge in [0.05, 0.1) is 10.6 Å². The Morgan fingerprint density at radius 2 is 1.58 bits per heavy atom. The Labute approximate surface area is 147 Å². The second-order valence-electron chi connectivity index (χ2n) is 5.56. The predicted octanol–water partition coefficient (Wildman–Crippen LogP) is 2.94. The van der Waals surface area contributed by atoms with E-state index in [0.717, 1.165) is 10.9 Å². The van der Waals surface area contributed by atoms with Gasteiger partial charge in [0.2, 0.25) is 0 Å². The average molecular weight is 382 g/mol. The van der Waals surface area contributed by atoms with E-state index in [1.54, 1.807) is 0 Å². The monoisotopic (exact) mass is 382 g/mol. The molecule has 0 saturated carbocycles. The number of halogens is 3. The lowest BCUT2D eigenvalue weighted by Gasteiger charge is -2.07. The molecule has 0 aliphatic heterocycles. The van der Waals surface area contributed by atoms with Crippen molar-refractivity contribution >= 4 is 15.5 Å². The van der Waals surface area contributed by atoms with Gasteiger partial charge in [-0.2, -0.15) is 13.2 Å².